The second-order valence-electron chi connectivity index (χ2n) is 10.5. The summed E-state index contributed by atoms with van der Waals surface area (Å²) in [5.74, 6) is 0.517. The zero-order valence-corrected chi connectivity index (χ0v) is 26.5. The first-order valence-corrected chi connectivity index (χ1v) is 16.2. The molecule has 14 heteroatoms. The van der Waals surface area contributed by atoms with E-state index in [4.69, 9.17) is 9.84 Å². The first-order chi connectivity index (χ1) is 21.5. The third kappa shape index (κ3) is 11.2. The highest BCUT2D eigenvalue weighted by Gasteiger charge is 2.20. The molecule has 0 aliphatic rings. The first-order valence-electron chi connectivity index (χ1n) is 14.6. The van der Waals surface area contributed by atoms with Crippen LogP contribution in [0.15, 0.2) is 69.7 Å². The predicted molar refractivity (Wildman–Crippen MR) is 172 cm³/mol. The maximum atomic E-state index is 13.0. The van der Waals surface area contributed by atoms with Crippen LogP contribution in [0, 0.1) is 18.3 Å². The largest absolute Gasteiger partial charge is 0.394 e. The molecule has 2 unspecified atom stereocenters. The first kappa shape index (κ1) is 35.5. The normalized spacial score (nSPS) is 13.1. The number of benzene rings is 2. The lowest BCUT2D eigenvalue weighted by molar-refractivity contribution is 0.0873. The molecule has 0 aliphatic heterocycles. The number of aromatic nitrogens is 1. The molecule has 0 spiro atoms. The topological polar surface area (TPSA) is 193 Å². The summed E-state index contributed by atoms with van der Waals surface area (Å²) in [6.45, 7) is 6.36. The fraction of sp³-hybridized carbons (Fsp3) is 0.419. The standard InChI is InChI=1S/C31H41N7O6S/c1-22(40)20-38(21-23(2)41)14-18-45(42,43)27-11-9-26(10-12-27)36-37-29-24(3)28(19-32)30(34-25-7-5-4-6-8-25)35-31(29)33-13-16-44-17-15-39/h4-12,22-23,39-41H,13-18,20-21H2,1-3H3,(H2,33,34,35)/b37-36+. The fourth-order valence-corrected chi connectivity index (χ4v) is 5.72. The highest BCUT2D eigenvalue weighted by molar-refractivity contribution is 7.91. The van der Waals surface area contributed by atoms with E-state index in [2.05, 4.69) is 31.9 Å². The van der Waals surface area contributed by atoms with Gasteiger partial charge in [-0.25, -0.2) is 13.4 Å². The molecule has 3 rings (SSSR count). The van der Waals surface area contributed by atoms with Crippen molar-refractivity contribution in [3.05, 3.63) is 65.7 Å². The SMILES string of the molecule is Cc1c(C#N)c(Nc2ccccc2)nc(NCCOCCO)c1/N=N/c1ccc(S(=O)(=O)CCN(CC(C)O)CC(C)O)cc1. The minimum absolute atomic E-state index is 0.0939. The quantitative estimate of drug-likeness (QED) is 0.101. The summed E-state index contributed by atoms with van der Waals surface area (Å²) in [6.07, 6.45) is -1.32. The van der Waals surface area contributed by atoms with E-state index in [1.165, 1.54) is 24.3 Å². The molecular weight excluding hydrogens is 598 g/mol. The second kappa shape index (κ2) is 17.5. The van der Waals surface area contributed by atoms with Gasteiger partial charge in [0.05, 0.1) is 53.9 Å². The molecule has 2 atom stereocenters. The maximum Gasteiger partial charge on any atom is 0.179 e. The molecule has 2 aromatic carbocycles. The van der Waals surface area contributed by atoms with Gasteiger partial charge in [-0.3, -0.25) is 4.90 Å². The van der Waals surface area contributed by atoms with E-state index in [1.54, 1.807) is 25.7 Å². The van der Waals surface area contributed by atoms with Crippen LogP contribution in [0.1, 0.15) is 25.0 Å². The lowest BCUT2D eigenvalue weighted by Gasteiger charge is -2.24. The Morgan fingerprint density at radius 2 is 1.67 bits per heavy atom. The minimum Gasteiger partial charge on any atom is -0.394 e. The van der Waals surface area contributed by atoms with Crippen molar-refractivity contribution in [2.45, 2.75) is 37.9 Å². The summed E-state index contributed by atoms with van der Waals surface area (Å²) in [6, 6.07) is 17.5. The van der Waals surface area contributed by atoms with E-state index in [-0.39, 0.29) is 49.1 Å². The van der Waals surface area contributed by atoms with Crippen molar-refractivity contribution in [1.82, 2.24) is 9.88 Å². The second-order valence-corrected chi connectivity index (χ2v) is 12.6. The summed E-state index contributed by atoms with van der Waals surface area (Å²) >= 11 is 0. The fourth-order valence-electron chi connectivity index (χ4n) is 4.43. The molecule has 242 valence electrons. The smallest absolute Gasteiger partial charge is 0.179 e. The summed E-state index contributed by atoms with van der Waals surface area (Å²) < 4.78 is 31.4. The number of hydrogen-bond acceptors (Lipinski definition) is 13. The molecule has 3 aromatic rings. The number of azo groups is 1. The predicted octanol–water partition coefficient (Wildman–Crippen LogP) is 3.68. The average Bonchev–Trinajstić information content (AvgIpc) is 3.00. The Morgan fingerprint density at radius 3 is 2.27 bits per heavy atom. The third-order valence-electron chi connectivity index (χ3n) is 6.52. The van der Waals surface area contributed by atoms with Gasteiger partial charge in [0.1, 0.15) is 11.8 Å². The van der Waals surface area contributed by atoms with Gasteiger partial charge in [0, 0.05) is 37.4 Å². The molecule has 0 aliphatic carbocycles. The monoisotopic (exact) mass is 639 g/mol. The van der Waals surface area contributed by atoms with E-state index >= 15 is 0 Å². The van der Waals surface area contributed by atoms with Crippen LogP contribution in [0.2, 0.25) is 0 Å². The number of para-hydroxylation sites is 1. The number of nitrogens with one attached hydrogen (secondary N) is 2. The molecule has 0 amide bonds. The number of aliphatic hydroxyl groups is 3. The van der Waals surface area contributed by atoms with Gasteiger partial charge < -0.3 is 30.7 Å². The number of nitrogens with zero attached hydrogens (tertiary/aromatic N) is 5. The number of aliphatic hydroxyl groups excluding tert-OH is 3. The van der Waals surface area contributed by atoms with Crippen molar-refractivity contribution in [3.63, 3.8) is 0 Å². The molecule has 0 radical (unpaired) electrons. The summed E-state index contributed by atoms with van der Waals surface area (Å²) in [4.78, 5) is 6.46. The van der Waals surface area contributed by atoms with Gasteiger partial charge in [0.15, 0.2) is 21.5 Å². The lowest BCUT2D eigenvalue weighted by atomic mass is 10.1. The van der Waals surface area contributed by atoms with E-state index in [0.717, 1.165) is 5.69 Å². The van der Waals surface area contributed by atoms with Crippen LogP contribution in [0.5, 0.6) is 0 Å². The molecular formula is C31H41N7O6S. The Balaban J connectivity index is 1.84. The zero-order chi connectivity index (χ0) is 32.8. The van der Waals surface area contributed by atoms with E-state index in [1.807, 2.05) is 30.3 Å². The number of ether oxygens (including phenoxy) is 1. The zero-order valence-electron chi connectivity index (χ0n) is 25.7. The molecule has 45 heavy (non-hydrogen) atoms. The van der Waals surface area contributed by atoms with Crippen LogP contribution in [0.4, 0.5) is 28.7 Å². The number of nitriles is 1. The molecule has 0 bridgehead atoms. The van der Waals surface area contributed by atoms with Crippen LogP contribution in [0.25, 0.3) is 0 Å². The van der Waals surface area contributed by atoms with Crippen LogP contribution in [-0.2, 0) is 14.6 Å². The van der Waals surface area contributed by atoms with Crippen LogP contribution >= 0.6 is 0 Å². The van der Waals surface area contributed by atoms with Crippen molar-refractivity contribution in [3.8, 4) is 6.07 Å². The number of sulfone groups is 1. The lowest BCUT2D eigenvalue weighted by Crippen LogP contribution is -2.39. The Morgan fingerprint density at radius 1 is 1.00 bits per heavy atom. The highest BCUT2D eigenvalue weighted by atomic mass is 32.2. The summed E-state index contributed by atoms with van der Waals surface area (Å²) in [5.41, 5.74) is 2.30. The average molecular weight is 640 g/mol. The highest BCUT2D eigenvalue weighted by Crippen LogP contribution is 2.35. The van der Waals surface area contributed by atoms with Crippen molar-refractivity contribution in [1.29, 1.82) is 5.26 Å². The Hall–Kier alpha value is -3.97. The molecule has 13 nitrogen and oxygen atoms in total. The molecule has 1 aromatic heterocycles. The Labute approximate surface area is 264 Å². The number of pyridine rings is 1. The number of hydrogen-bond donors (Lipinski definition) is 5. The van der Waals surface area contributed by atoms with Gasteiger partial charge in [-0.05, 0) is 57.2 Å². The molecule has 1 heterocycles. The minimum atomic E-state index is -3.65. The van der Waals surface area contributed by atoms with Crippen LogP contribution in [-0.4, -0.2) is 97.6 Å². The van der Waals surface area contributed by atoms with E-state index in [0.29, 0.717) is 41.7 Å². The summed E-state index contributed by atoms with van der Waals surface area (Å²) in [5, 5.41) is 53.4. The third-order valence-corrected chi connectivity index (χ3v) is 8.23. The van der Waals surface area contributed by atoms with E-state index in [9.17, 15) is 23.9 Å². The maximum absolute atomic E-state index is 13.0. The molecule has 0 saturated heterocycles. The Bertz CT molecular complexity index is 1530. The van der Waals surface area contributed by atoms with Gasteiger partial charge >= 0.3 is 0 Å². The Kier molecular flexibility index (Phi) is 13.8. The molecule has 0 fully saturated rings. The van der Waals surface area contributed by atoms with Gasteiger partial charge in [-0.15, -0.1) is 5.11 Å². The number of rotatable bonds is 18. The summed E-state index contributed by atoms with van der Waals surface area (Å²) in [7, 11) is -3.65. The van der Waals surface area contributed by atoms with Crippen LogP contribution in [0.3, 0.4) is 0 Å². The van der Waals surface area contributed by atoms with E-state index < -0.39 is 22.0 Å². The van der Waals surface area contributed by atoms with Crippen LogP contribution < -0.4 is 10.6 Å². The van der Waals surface area contributed by atoms with Crippen molar-refractivity contribution < 1.29 is 28.5 Å². The molecule has 5 N–H and O–H groups in total. The van der Waals surface area contributed by atoms with Gasteiger partial charge in [-0.2, -0.15) is 10.4 Å². The number of anilines is 3. The van der Waals surface area contributed by atoms with Gasteiger partial charge in [0.2, 0.25) is 0 Å². The van der Waals surface area contributed by atoms with Gasteiger partial charge in [0.25, 0.3) is 0 Å². The van der Waals surface area contributed by atoms with Crippen molar-refractivity contribution >= 4 is 38.5 Å². The van der Waals surface area contributed by atoms with Crippen molar-refractivity contribution in [2.75, 3.05) is 62.4 Å². The molecule has 0 saturated carbocycles. The van der Waals surface area contributed by atoms with Gasteiger partial charge in [-0.1, -0.05) is 18.2 Å². The van der Waals surface area contributed by atoms with Crippen molar-refractivity contribution in [2.24, 2.45) is 10.2 Å².